The minimum absolute atomic E-state index is 0.120. The van der Waals surface area contributed by atoms with Crippen LogP contribution in [0.15, 0.2) is 48.7 Å². The molecule has 0 saturated carbocycles. The van der Waals surface area contributed by atoms with Crippen molar-refractivity contribution in [1.29, 1.82) is 0 Å². The lowest BCUT2D eigenvalue weighted by atomic mass is 10.2. The molecule has 9 heteroatoms. The molecular weight excluding hydrogens is 408 g/mol. The van der Waals surface area contributed by atoms with Gasteiger partial charge in [-0.3, -0.25) is 0 Å². The van der Waals surface area contributed by atoms with Crippen LogP contribution in [0.1, 0.15) is 6.42 Å². The van der Waals surface area contributed by atoms with Crippen LogP contribution in [0.25, 0.3) is 20.8 Å². The van der Waals surface area contributed by atoms with Crippen molar-refractivity contribution in [3.05, 3.63) is 60.3 Å². The molecule has 5 rings (SSSR count). The van der Waals surface area contributed by atoms with Crippen molar-refractivity contribution in [2.24, 2.45) is 0 Å². The Bertz CT molecular complexity index is 1190. The maximum Gasteiger partial charge on any atom is 0.215 e. The van der Waals surface area contributed by atoms with E-state index in [1.807, 2.05) is 18.2 Å². The Hall–Kier alpha value is -3.17. The fraction of sp³-hybridized carbons (Fsp3) is 0.190. The Kier molecular flexibility index (Phi) is 4.97. The van der Waals surface area contributed by atoms with E-state index in [0.29, 0.717) is 23.0 Å². The molecular formula is C21H17F2N5OS. The lowest BCUT2D eigenvalue weighted by Crippen LogP contribution is -2.20. The van der Waals surface area contributed by atoms with E-state index in [0.717, 1.165) is 24.2 Å². The van der Waals surface area contributed by atoms with Crippen molar-refractivity contribution in [2.75, 3.05) is 18.4 Å². The lowest BCUT2D eigenvalue weighted by molar-refractivity contribution is 0.214. The fourth-order valence-corrected chi connectivity index (χ4v) is 4.26. The van der Waals surface area contributed by atoms with E-state index in [1.165, 1.54) is 29.5 Å². The zero-order valence-electron chi connectivity index (χ0n) is 15.7. The first kappa shape index (κ1) is 18.8. The van der Waals surface area contributed by atoms with Gasteiger partial charge in [0.1, 0.15) is 34.4 Å². The Labute approximate surface area is 175 Å². The number of halogens is 2. The van der Waals surface area contributed by atoms with Crippen molar-refractivity contribution in [3.8, 4) is 16.5 Å². The van der Waals surface area contributed by atoms with Crippen molar-refractivity contribution in [2.45, 2.75) is 12.5 Å². The zero-order chi connectivity index (χ0) is 20.5. The van der Waals surface area contributed by atoms with E-state index in [9.17, 15) is 8.78 Å². The van der Waals surface area contributed by atoms with E-state index in [-0.39, 0.29) is 16.7 Å². The summed E-state index contributed by atoms with van der Waals surface area (Å²) in [7, 11) is 0. The SMILES string of the molecule is Fc1cccc(F)c1-c1nc2cc(Nc3cccc(O[C@H]4CCNC4)n3)ncc2s1. The van der Waals surface area contributed by atoms with Crippen molar-refractivity contribution in [1.82, 2.24) is 20.3 Å². The van der Waals surface area contributed by atoms with Crippen LogP contribution in [0.4, 0.5) is 20.4 Å². The van der Waals surface area contributed by atoms with Gasteiger partial charge in [0, 0.05) is 24.9 Å². The monoisotopic (exact) mass is 425 g/mol. The van der Waals surface area contributed by atoms with E-state index < -0.39 is 11.6 Å². The van der Waals surface area contributed by atoms with Crippen molar-refractivity contribution >= 4 is 33.2 Å². The summed E-state index contributed by atoms with van der Waals surface area (Å²) in [5.41, 5.74) is 0.473. The van der Waals surface area contributed by atoms with Crippen LogP contribution in [0.2, 0.25) is 0 Å². The number of hydrogen-bond acceptors (Lipinski definition) is 7. The molecule has 0 bridgehead atoms. The summed E-state index contributed by atoms with van der Waals surface area (Å²) >= 11 is 1.19. The number of nitrogens with zero attached hydrogens (tertiary/aromatic N) is 3. The molecule has 2 N–H and O–H groups in total. The van der Waals surface area contributed by atoms with Gasteiger partial charge in [-0.1, -0.05) is 12.1 Å². The standard InChI is InChI=1S/C21H17F2N5OS/c22-13-3-1-4-14(23)20(13)21-26-15-9-18(25-11-16(15)30-21)27-17-5-2-6-19(28-17)29-12-7-8-24-10-12/h1-6,9,11-12,24H,7-8,10H2,(H,25,27,28)/t12-/m0/s1. The zero-order valence-corrected chi connectivity index (χ0v) is 16.5. The first-order chi connectivity index (χ1) is 14.7. The molecule has 3 aromatic heterocycles. The molecule has 6 nitrogen and oxygen atoms in total. The molecule has 1 aliphatic rings. The quantitative estimate of drug-likeness (QED) is 0.490. The van der Waals surface area contributed by atoms with Crippen molar-refractivity contribution in [3.63, 3.8) is 0 Å². The van der Waals surface area contributed by atoms with E-state index in [4.69, 9.17) is 4.74 Å². The van der Waals surface area contributed by atoms with Crippen LogP contribution in [-0.2, 0) is 0 Å². The van der Waals surface area contributed by atoms with Gasteiger partial charge in [0.15, 0.2) is 0 Å². The summed E-state index contributed by atoms with van der Waals surface area (Å²) in [6, 6.07) is 11.0. The van der Waals surface area contributed by atoms with Crippen LogP contribution in [0.3, 0.4) is 0 Å². The topological polar surface area (TPSA) is 72.0 Å². The Morgan fingerprint density at radius 3 is 2.70 bits per heavy atom. The number of hydrogen-bond donors (Lipinski definition) is 2. The molecule has 0 aliphatic carbocycles. The van der Waals surface area contributed by atoms with Gasteiger partial charge in [-0.15, -0.1) is 11.3 Å². The molecule has 0 amide bonds. The summed E-state index contributed by atoms with van der Waals surface area (Å²) < 4.78 is 34.8. The third kappa shape index (κ3) is 3.81. The Balaban J connectivity index is 1.39. The maximum absolute atomic E-state index is 14.1. The fourth-order valence-electron chi connectivity index (χ4n) is 3.29. The number of fused-ring (bicyclic) bond motifs is 1. The number of benzene rings is 1. The molecule has 0 radical (unpaired) electrons. The summed E-state index contributed by atoms with van der Waals surface area (Å²) in [6.45, 7) is 1.76. The highest BCUT2D eigenvalue weighted by atomic mass is 32.1. The summed E-state index contributed by atoms with van der Waals surface area (Å²) in [4.78, 5) is 13.2. The highest BCUT2D eigenvalue weighted by molar-refractivity contribution is 7.21. The largest absolute Gasteiger partial charge is 0.473 e. The predicted octanol–water partition coefficient (Wildman–Crippen LogP) is 4.52. The molecule has 1 fully saturated rings. The van der Waals surface area contributed by atoms with Crippen molar-refractivity contribution < 1.29 is 13.5 Å². The van der Waals surface area contributed by atoms with Gasteiger partial charge >= 0.3 is 0 Å². The molecule has 152 valence electrons. The second-order valence-electron chi connectivity index (χ2n) is 6.87. The Morgan fingerprint density at radius 1 is 1.07 bits per heavy atom. The van der Waals surface area contributed by atoms with Gasteiger partial charge in [-0.05, 0) is 31.2 Å². The third-order valence-electron chi connectivity index (χ3n) is 4.73. The van der Waals surface area contributed by atoms with E-state index in [1.54, 1.807) is 12.3 Å². The van der Waals surface area contributed by atoms with Gasteiger partial charge in [-0.25, -0.2) is 18.7 Å². The highest BCUT2D eigenvalue weighted by Crippen LogP contribution is 2.34. The van der Waals surface area contributed by atoms with Gasteiger partial charge in [0.05, 0.1) is 15.8 Å². The van der Waals surface area contributed by atoms with Crippen LogP contribution in [0.5, 0.6) is 5.88 Å². The number of nitrogens with one attached hydrogen (secondary N) is 2. The molecule has 1 aliphatic heterocycles. The average molecular weight is 425 g/mol. The van der Waals surface area contributed by atoms with Gasteiger partial charge in [0.25, 0.3) is 0 Å². The first-order valence-corrected chi connectivity index (χ1v) is 10.3. The molecule has 4 aromatic rings. The predicted molar refractivity (Wildman–Crippen MR) is 112 cm³/mol. The van der Waals surface area contributed by atoms with Crippen LogP contribution >= 0.6 is 11.3 Å². The second-order valence-corrected chi connectivity index (χ2v) is 7.90. The maximum atomic E-state index is 14.1. The van der Waals surface area contributed by atoms with E-state index in [2.05, 4.69) is 25.6 Å². The molecule has 0 spiro atoms. The summed E-state index contributed by atoms with van der Waals surface area (Å²) in [5.74, 6) is 0.375. The molecule has 4 heterocycles. The van der Waals surface area contributed by atoms with Crippen LogP contribution in [0, 0.1) is 11.6 Å². The number of thiazole rings is 1. The minimum atomic E-state index is -0.640. The number of aromatic nitrogens is 3. The molecule has 1 aromatic carbocycles. The minimum Gasteiger partial charge on any atom is -0.473 e. The average Bonchev–Trinajstić information content (AvgIpc) is 3.37. The molecule has 0 unspecified atom stereocenters. The molecule has 30 heavy (non-hydrogen) atoms. The third-order valence-corrected chi connectivity index (χ3v) is 5.76. The number of anilines is 2. The normalized spacial score (nSPS) is 16.1. The number of pyridine rings is 2. The van der Waals surface area contributed by atoms with Gasteiger partial charge < -0.3 is 15.4 Å². The smallest absolute Gasteiger partial charge is 0.215 e. The molecule has 1 atom stereocenters. The summed E-state index contributed by atoms with van der Waals surface area (Å²) in [6.07, 6.45) is 2.70. The van der Waals surface area contributed by atoms with E-state index >= 15 is 0 Å². The van der Waals surface area contributed by atoms with Crippen LogP contribution in [-0.4, -0.2) is 34.1 Å². The van der Waals surface area contributed by atoms with Gasteiger partial charge in [0.2, 0.25) is 5.88 Å². The van der Waals surface area contributed by atoms with Gasteiger partial charge in [-0.2, -0.15) is 4.98 Å². The summed E-state index contributed by atoms with van der Waals surface area (Å²) in [5, 5.41) is 6.66. The first-order valence-electron chi connectivity index (χ1n) is 9.48. The lowest BCUT2D eigenvalue weighted by Gasteiger charge is -2.12. The second kappa shape index (κ2) is 7.92. The Morgan fingerprint density at radius 2 is 1.90 bits per heavy atom. The number of rotatable bonds is 5. The van der Waals surface area contributed by atoms with Crippen LogP contribution < -0.4 is 15.4 Å². The molecule has 1 saturated heterocycles. The highest BCUT2D eigenvalue weighted by Gasteiger charge is 2.17. The number of ether oxygens (including phenoxy) is 1.